The minimum Gasteiger partial charge on any atom is -0.375 e. The number of nitrogens with zero attached hydrogens (tertiary/aromatic N) is 2. The summed E-state index contributed by atoms with van der Waals surface area (Å²) in [5.41, 5.74) is 4.01. The van der Waals surface area contributed by atoms with Crippen molar-refractivity contribution in [1.29, 1.82) is 0 Å². The SMILES string of the molecule is CCc1ncsc1NC(=O)C[C@@H]1CN(Cc2ccccc2)CCO1. The third kappa shape index (κ3) is 4.63. The van der Waals surface area contributed by atoms with Gasteiger partial charge in [-0.2, -0.15) is 0 Å². The van der Waals surface area contributed by atoms with E-state index in [-0.39, 0.29) is 12.0 Å². The molecule has 24 heavy (non-hydrogen) atoms. The van der Waals surface area contributed by atoms with Gasteiger partial charge in [0.05, 0.1) is 30.3 Å². The van der Waals surface area contributed by atoms with E-state index in [2.05, 4.69) is 39.5 Å². The first-order valence-corrected chi connectivity index (χ1v) is 9.22. The summed E-state index contributed by atoms with van der Waals surface area (Å²) in [5, 5.41) is 3.83. The molecule has 0 radical (unpaired) electrons. The Hall–Kier alpha value is -1.76. The molecule has 1 aliphatic rings. The number of amides is 1. The van der Waals surface area contributed by atoms with Gasteiger partial charge in [-0.25, -0.2) is 4.98 Å². The van der Waals surface area contributed by atoms with Crippen molar-refractivity contribution in [3.63, 3.8) is 0 Å². The number of rotatable bonds is 6. The summed E-state index contributed by atoms with van der Waals surface area (Å²) in [6, 6.07) is 10.4. The Kier molecular flexibility index (Phi) is 5.96. The van der Waals surface area contributed by atoms with Gasteiger partial charge >= 0.3 is 0 Å². The minimum absolute atomic E-state index is 0.000473. The number of ether oxygens (including phenoxy) is 1. The predicted molar refractivity (Wildman–Crippen MR) is 96.2 cm³/mol. The molecule has 2 heterocycles. The molecule has 128 valence electrons. The molecule has 0 unspecified atom stereocenters. The Morgan fingerprint density at radius 1 is 1.42 bits per heavy atom. The molecule has 1 aromatic heterocycles. The first kappa shape index (κ1) is 17.1. The second kappa shape index (κ2) is 8.37. The molecular formula is C18H23N3O2S. The van der Waals surface area contributed by atoms with E-state index in [9.17, 15) is 4.79 Å². The zero-order valence-corrected chi connectivity index (χ0v) is 14.7. The number of thiazole rings is 1. The monoisotopic (exact) mass is 345 g/mol. The Labute approximate surface area is 146 Å². The maximum Gasteiger partial charge on any atom is 0.227 e. The molecule has 1 N–H and O–H groups in total. The standard InChI is InChI=1S/C18H23N3O2S/c1-2-16-18(24-13-19-16)20-17(22)10-15-12-21(8-9-23-15)11-14-6-4-3-5-7-14/h3-7,13,15H,2,8-12H2,1H3,(H,20,22)/t15-/m1/s1. The lowest BCUT2D eigenvalue weighted by Crippen LogP contribution is -2.43. The zero-order valence-electron chi connectivity index (χ0n) is 13.9. The van der Waals surface area contributed by atoms with Gasteiger partial charge in [0.1, 0.15) is 5.00 Å². The van der Waals surface area contributed by atoms with Crippen LogP contribution in [-0.4, -0.2) is 41.6 Å². The van der Waals surface area contributed by atoms with E-state index in [1.807, 2.05) is 13.0 Å². The molecule has 6 heteroatoms. The van der Waals surface area contributed by atoms with Gasteiger partial charge in [0.2, 0.25) is 5.91 Å². The van der Waals surface area contributed by atoms with Crippen molar-refractivity contribution in [2.45, 2.75) is 32.4 Å². The fourth-order valence-corrected chi connectivity index (χ4v) is 3.69. The van der Waals surface area contributed by atoms with Crippen LogP contribution < -0.4 is 5.32 Å². The largest absolute Gasteiger partial charge is 0.375 e. The van der Waals surface area contributed by atoms with Crippen LogP contribution in [0.2, 0.25) is 0 Å². The van der Waals surface area contributed by atoms with Gasteiger partial charge in [0.25, 0.3) is 0 Å². The lowest BCUT2D eigenvalue weighted by Gasteiger charge is -2.32. The number of benzene rings is 1. The van der Waals surface area contributed by atoms with Crippen LogP contribution in [0.3, 0.4) is 0 Å². The molecule has 0 saturated carbocycles. The second-order valence-corrected chi connectivity index (χ2v) is 6.80. The number of anilines is 1. The topological polar surface area (TPSA) is 54.5 Å². The Balaban J connectivity index is 1.50. The van der Waals surface area contributed by atoms with Gasteiger partial charge < -0.3 is 10.1 Å². The van der Waals surface area contributed by atoms with Crippen LogP contribution in [0.4, 0.5) is 5.00 Å². The molecule has 0 aliphatic carbocycles. The Morgan fingerprint density at radius 3 is 3.04 bits per heavy atom. The van der Waals surface area contributed by atoms with Crippen molar-refractivity contribution in [2.75, 3.05) is 25.0 Å². The first-order valence-electron chi connectivity index (χ1n) is 8.34. The lowest BCUT2D eigenvalue weighted by atomic mass is 10.1. The van der Waals surface area contributed by atoms with Crippen LogP contribution in [0.25, 0.3) is 0 Å². The van der Waals surface area contributed by atoms with Crippen molar-refractivity contribution < 1.29 is 9.53 Å². The van der Waals surface area contributed by atoms with Crippen molar-refractivity contribution in [2.24, 2.45) is 0 Å². The quantitative estimate of drug-likeness (QED) is 0.875. The molecule has 0 bridgehead atoms. The summed E-state index contributed by atoms with van der Waals surface area (Å²) in [5.74, 6) is 0.000473. The zero-order chi connectivity index (χ0) is 16.8. The molecule has 2 aromatic rings. The number of hydrogen-bond donors (Lipinski definition) is 1. The maximum atomic E-state index is 12.3. The summed E-state index contributed by atoms with van der Waals surface area (Å²) < 4.78 is 5.78. The van der Waals surface area contributed by atoms with E-state index in [1.54, 1.807) is 5.51 Å². The molecule has 1 atom stereocenters. The van der Waals surface area contributed by atoms with Crippen LogP contribution in [0.5, 0.6) is 0 Å². The van der Waals surface area contributed by atoms with E-state index in [0.29, 0.717) is 13.0 Å². The van der Waals surface area contributed by atoms with Crippen molar-refractivity contribution in [1.82, 2.24) is 9.88 Å². The number of morpholine rings is 1. The number of aryl methyl sites for hydroxylation is 1. The smallest absolute Gasteiger partial charge is 0.227 e. The summed E-state index contributed by atoms with van der Waals surface area (Å²) in [4.78, 5) is 18.9. The minimum atomic E-state index is -0.0551. The molecule has 1 aromatic carbocycles. The van der Waals surface area contributed by atoms with E-state index >= 15 is 0 Å². The summed E-state index contributed by atoms with van der Waals surface area (Å²) in [6.45, 7) is 5.30. The van der Waals surface area contributed by atoms with Gasteiger partial charge in [0.15, 0.2) is 0 Å². The van der Waals surface area contributed by atoms with Crippen molar-refractivity contribution in [3.8, 4) is 0 Å². The third-order valence-corrected chi connectivity index (χ3v) is 4.90. The predicted octanol–water partition coefficient (Wildman–Crippen LogP) is 2.94. The average molecular weight is 345 g/mol. The third-order valence-electron chi connectivity index (χ3n) is 4.11. The van der Waals surface area contributed by atoms with Gasteiger partial charge in [-0.15, -0.1) is 11.3 Å². The summed E-state index contributed by atoms with van der Waals surface area (Å²) >= 11 is 1.47. The van der Waals surface area contributed by atoms with Crippen molar-refractivity contribution in [3.05, 3.63) is 47.1 Å². The maximum absolute atomic E-state index is 12.3. The highest BCUT2D eigenvalue weighted by molar-refractivity contribution is 7.14. The lowest BCUT2D eigenvalue weighted by molar-refractivity contribution is -0.121. The molecule has 0 spiro atoms. The first-order chi connectivity index (χ1) is 11.7. The van der Waals surface area contributed by atoms with E-state index in [0.717, 1.165) is 36.8 Å². The fourth-order valence-electron chi connectivity index (χ4n) is 2.90. The van der Waals surface area contributed by atoms with Gasteiger partial charge in [-0.05, 0) is 12.0 Å². The number of aromatic nitrogens is 1. The van der Waals surface area contributed by atoms with Crippen molar-refractivity contribution >= 4 is 22.2 Å². The summed E-state index contributed by atoms with van der Waals surface area (Å²) in [6.07, 6.45) is 1.15. The summed E-state index contributed by atoms with van der Waals surface area (Å²) in [7, 11) is 0. The van der Waals surface area contributed by atoms with Crippen LogP contribution in [0.15, 0.2) is 35.8 Å². The van der Waals surface area contributed by atoms with Crippen LogP contribution >= 0.6 is 11.3 Å². The van der Waals surface area contributed by atoms with E-state index < -0.39 is 0 Å². The van der Waals surface area contributed by atoms with Gasteiger partial charge in [-0.3, -0.25) is 9.69 Å². The van der Waals surface area contributed by atoms with Crippen LogP contribution in [0, 0.1) is 0 Å². The van der Waals surface area contributed by atoms with Gasteiger partial charge in [-0.1, -0.05) is 37.3 Å². The Morgan fingerprint density at radius 2 is 2.25 bits per heavy atom. The molecule has 1 saturated heterocycles. The normalized spacial score (nSPS) is 18.5. The Bertz CT molecular complexity index is 659. The second-order valence-electron chi connectivity index (χ2n) is 5.95. The number of hydrogen-bond acceptors (Lipinski definition) is 5. The van der Waals surface area contributed by atoms with E-state index in [1.165, 1.54) is 16.9 Å². The molecular weight excluding hydrogens is 322 g/mol. The van der Waals surface area contributed by atoms with Crippen LogP contribution in [0.1, 0.15) is 24.6 Å². The number of carbonyl (C=O) groups excluding carboxylic acids is 1. The fraction of sp³-hybridized carbons (Fsp3) is 0.444. The number of carbonyl (C=O) groups is 1. The number of nitrogens with one attached hydrogen (secondary N) is 1. The van der Waals surface area contributed by atoms with E-state index in [4.69, 9.17) is 4.74 Å². The highest BCUT2D eigenvalue weighted by atomic mass is 32.1. The molecule has 1 fully saturated rings. The average Bonchev–Trinajstić information content (AvgIpc) is 3.03. The van der Waals surface area contributed by atoms with Gasteiger partial charge in [0, 0.05) is 19.6 Å². The highest BCUT2D eigenvalue weighted by Gasteiger charge is 2.23. The molecule has 1 aliphatic heterocycles. The molecule has 5 nitrogen and oxygen atoms in total. The van der Waals surface area contributed by atoms with Crippen LogP contribution in [-0.2, 0) is 22.5 Å². The highest BCUT2D eigenvalue weighted by Crippen LogP contribution is 2.21. The molecule has 1 amide bonds. The molecule has 3 rings (SSSR count).